The molecule has 2 N–H and O–H groups in total. The van der Waals surface area contributed by atoms with Crippen LogP contribution >= 0.6 is 0 Å². The Labute approximate surface area is 177 Å². The Balaban J connectivity index is 1.78. The second-order valence-corrected chi connectivity index (χ2v) is 8.51. The highest BCUT2D eigenvalue weighted by Crippen LogP contribution is 2.43. The maximum absolute atomic E-state index is 13.4. The fourth-order valence-corrected chi connectivity index (χ4v) is 4.35. The Morgan fingerprint density at radius 3 is 2.40 bits per heavy atom. The van der Waals surface area contributed by atoms with Crippen molar-refractivity contribution in [3.8, 4) is 0 Å². The molecule has 2 atom stereocenters. The first-order valence-corrected chi connectivity index (χ1v) is 10.4. The van der Waals surface area contributed by atoms with Crippen LogP contribution in [0.2, 0.25) is 0 Å². The van der Waals surface area contributed by atoms with Crippen LogP contribution in [0.3, 0.4) is 0 Å². The predicted molar refractivity (Wildman–Crippen MR) is 118 cm³/mol. The number of rotatable bonds is 3. The molecule has 5 nitrogen and oxygen atoms in total. The number of anilines is 1. The average Bonchev–Trinajstić information content (AvgIpc) is 2.69. The van der Waals surface area contributed by atoms with E-state index in [0.29, 0.717) is 23.7 Å². The molecule has 5 heteroatoms. The van der Waals surface area contributed by atoms with Crippen LogP contribution in [-0.2, 0) is 9.59 Å². The van der Waals surface area contributed by atoms with Crippen molar-refractivity contribution >= 4 is 17.5 Å². The van der Waals surface area contributed by atoms with Gasteiger partial charge in [-0.25, -0.2) is 4.98 Å². The van der Waals surface area contributed by atoms with Crippen molar-refractivity contribution in [2.45, 2.75) is 46.5 Å². The minimum Gasteiger partial charge on any atom is -0.362 e. The minimum absolute atomic E-state index is 0.119. The van der Waals surface area contributed by atoms with Gasteiger partial charge in [-0.05, 0) is 50.3 Å². The second kappa shape index (κ2) is 7.90. The van der Waals surface area contributed by atoms with E-state index in [2.05, 4.69) is 22.5 Å². The van der Waals surface area contributed by atoms with Crippen LogP contribution in [0.15, 0.2) is 65.1 Å². The Morgan fingerprint density at radius 2 is 1.73 bits per heavy atom. The number of nitrogens with one attached hydrogen (secondary N) is 2. The summed E-state index contributed by atoms with van der Waals surface area (Å²) in [4.78, 5) is 30.8. The number of hydrogen-bond acceptors (Lipinski definition) is 4. The maximum Gasteiger partial charge on any atom is 0.255 e. The third-order valence-corrected chi connectivity index (χ3v) is 5.84. The number of ketones is 1. The van der Waals surface area contributed by atoms with Gasteiger partial charge in [-0.15, -0.1) is 0 Å². The van der Waals surface area contributed by atoms with E-state index in [1.54, 1.807) is 12.3 Å². The standard InChI is InChI=1S/C25H27N3O2/c1-14-5-8-18(9-6-14)23-22(25(30)28-21-10-7-15(2)13-26-21)17(4)27-19-11-16(3)12-20(29)24(19)23/h5-10,13,16,23,27H,11-12H2,1-4H3,(H,26,28,30)/t16-,23+/m1/s1. The fourth-order valence-electron chi connectivity index (χ4n) is 4.35. The molecular weight excluding hydrogens is 374 g/mol. The molecule has 0 fully saturated rings. The lowest BCUT2D eigenvalue weighted by Crippen LogP contribution is -2.37. The summed E-state index contributed by atoms with van der Waals surface area (Å²) in [5.41, 5.74) is 6.15. The molecule has 1 aliphatic heterocycles. The zero-order valence-electron chi connectivity index (χ0n) is 17.9. The van der Waals surface area contributed by atoms with Crippen LogP contribution in [-0.4, -0.2) is 16.7 Å². The quantitative estimate of drug-likeness (QED) is 0.791. The van der Waals surface area contributed by atoms with Gasteiger partial charge in [0.1, 0.15) is 5.82 Å². The van der Waals surface area contributed by atoms with Crippen molar-refractivity contribution in [1.29, 1.82) is 0 Å². The number of dihydropyridines is 1. The first-order valence-electron chi connectivity index (χ1n) is 10.4. The van der Waals surface area contributed by atoms with Gasteiger partial charge in [0, 0.05) is 41.1 Å². The number of aromatic nitrogens is 1. The van der Waals surface area contributed by atoms with Crippen LogP contribution in [0.4, 0.5) is 5.82 Å². The molecule has 154 valence electrons. The van der Waals surface area contributed by atoms with Gasteiger partial charge in [0.05, 0.1) is 0 Å². The van der Waals surface area contributed by atoms with Gasteiger partial charge in [0.25, 0.3) is 5.91 Å². The number of carbonyl (C=O) groups is 2. The zero-order chi connectivity index (χ0) is 21.4. The lowest BCUT2D eigenvalue weighted by atomic mass is 9.73. The van der Waals surface area contributed by atoms with E-state index in [0.717, 1.165) is 40.1 Å². The van der Waals surface area contributed by atoms with Gasteiger partial charge >= 0.3 is 0 Å². The van der Waals surface area contributed by atoms with Gasteiger partial charge in [0.2, 0.25) is 0 Å². The molecule has 0 spiro atoms. The number of pyridine rings is 1. The molecule has 0 unspecified atom stereocenters. The molecule has 1 aromatic heterocycles. The highest BCUT2D eigenvalue weighted by molar-refractivity contribution is 6.09. The Kier molecular flexibility index (Phi) is 5.29. The van der Waals surface area contributed by atoms with Gasteiger partial charge in [-0.2, -0.15) is 0 Å². The largest absolute Gasteiger partial charge is 0.362 e. The summed E-state index contributed by atoms with van der Waals surface area (Å²) in [5.74, 6) is 0.291. The Hall–Kier alpha value is -3.21. The predicted octanol–water partition coefficient (Wildman–Crippen LogP) is 4.55. The van der Waals surface area contributed by atoms with Gasteiger partial charge < -0.3 is 10.6 Å². The van der Waals surface area contributed by atoms with E-state index in [1.165, 1.54) is 0 Å². The highest BCUT2D eigenvalue weighted by Gasteiger charge is 2.39. The molecular formula is C25H27N3O2. The van der Waals surface area contributed by atoms with E-state index in [1.807, 2.05) is 51.1 Å². The summed E-state index contributed by atoms with van der Waals surface area (Å²) >= 11 is 0. The van der Waals surface area contributed by atoms with E-state index in [-0.39, 0.29) is 17.6 Å². The van der Waals surface area contributed by atoms with Crippen LogP contribution in [0, 0.1) is 19.8 Å². The van der Waals surface area contributed by atoms with Crippen molar-refractivity contribution in [2.75, 3.05) is 5.32 Å². The molecule has 4 rings (SSSR count). The molecule has 2 aromatic rings. The fraction of sp³-hybridized carbons (Fsp3) is 0.320. The molecule has 1 amide bonds. The molecule has 1 aliphatic carbocycles. The number of hydrogen-bond donors (Lipinski definition) is 2. The van der Waals surface area contributed by atoms with Crippen LogP contribution in [0.25, 0.3) is 0 Å². The zero-order valence-corrected chi connectivity index (χ0v) is 17.9. The maximum atomic E-state index is 13.4. The number of amides is 1. The summed E-state index contributed by atoms with van der Waals surface area (Å²) in [6.07, 6.45) is 3.05. The molecule has 1 aromatic carbocycles. The molecule has 0 saturated heterocycles. The Bertz CT molecular complexity index is 1060. The average molecular weight is 402 g/mol. The topological polar surface area (TPSA) is 71.1 Å². The summed E-state index contributed by atoms with van der Waals surface area (Å²) in [7, 11) is 0. The van der Waals surface area contributed by atoms with Crippen LogP contribution < -0.4 is 10.6 Å². The third kappa shape index (κ3) is 3.80. The SMILES string of the molecule is CC1=C(C(=O)Nc2ccc(C)cn2)[C@H](c2ccc(C)cc2)C2=C(C[C@@H](C)CC2=O)N1. The van der Waals surface area contributed by atoms with Crippen molar-refractivity contribution in [1.82, 2.24) is 10.3 Å². The van der Waals surface area contributed by atoms with Crippen LogP contribution in [0.5, 0.6) is 0 Å². The Morgan fingerprint density at radius 1 is 1.03 bits per heavy atom. The number of allylic oxidation sites excluding steroid dienone is 3. The monoisotopic (exact) mass is 401 g/mol. The molecule has 2 heterocycles. The summed E-state index contributed by atoms with van der Waals surface area (Å²) in [6, 6.07) is 11.8. The van der Waals surface area contributed by atoms with Crippen molar-refractivity contribution in [3.05, 3.63) is 81.8 Å². The molecule has 2 aliphatic rings. The first-order chi connectivity index (χ1) is 14.3. The van der Waals surface area contributed by atoms with Gasteiger partial charge in [-0.1, -0.05) is 42.8 Å². The normalized spacial score (nSPS) is 21.3. The minimum atomic E-state index is -0.382. The number of benzene rings is 1. The molecule has 0 bridgehead atoms. The van der Waals surface area contributed by atoms with Gasteiger partial charge in [-0.3, -0.25) is 9.59 Å². The van der Waals surface area contributed by atoms with Crippen LogP contribution in [0.1, 0.15) is 49.3 Å². The van der Waals surface area contributed by atoms with E-state index in [9.17, 15) is 9.59 Å². The number of carbonyl (C=O) groups excluding carboxylic acids is 2. The molecule has 0 radical (unpaired) electrons. The summed E-state index contributed by atoms with van der Waals surface area (Å²) in [6.45, 7) is 7.98. The highest BCUT2D eigenvalue weighted by atomic mass is 16.2. The summed E-state index contributed by atoms with van der Waals surface area (Å²) < 4.78 is 0. The number of nitrogens with zero attached hydrogens (tertiary/aromatic N) is 1. The molecule has 0 saturated carbocycles. The third-order valence-electron chi connectivity index (χ3n) is 5.84. The number of Topliss-reactive ketones (excluding diaryl/α,β-unsaturated/α-hetero) is 1. The number of aryl methyl sites for hydroxylation is 2. The lowest BCUT2D eigenvalue weighted by Gasteiger charge is -2.36. The van der Waals surface area contributed by atoms with E-state index in [4.69, 9.17) is 0 Å². The summed E-state index contributed by atoms with van der Waals surface area (Å²) in [5, 5.41) is 6.29. The van der Waals surface area contributed by atoms with Crippen molar-refractivity contribution < 1.29 is 9.59 Å². The second-order valence-electron chi connectivity index (χ2n) is 8.51. The lowest BCUT2D eigenvalue weighted by molar-refractivity contribution is -0.117. The first kappa shape index (κ1) is 20.1. The molecule has 30 heavy (non-hydrogen) atoms. The van der Waals surface area contributed by atoms with Gasteiger partial charge in [0.15, 0.2) is 5.78 Å². The van der Waals surface area contributed by atoms with Crippen molar-refractivity contribution in [3.63, 3.8) is 0 Å². The van der Waals surface area contributed by atoms with E-state index >= 15 is 0 Å². The van der Waals surface area contributed by atoms with Crippen molar-refractivity contribution in [2.24, 2.45) is 5.92 Å². The smallest absolute Gasteiger partial charge is 0.255 e. The van der Waals surface area contributed by atoms with E-state index < -0.39 is 0 Å².